The minimum absolute atomic E-state index is 0.136. The van der Waals surface area contributed by atoms with Gasteiger partial charge in [0.25, 0.3) is 0 Å². The van der Waals surface area contributed by atoms with Gasteiger partial charge in [-0.05, 0) is 24.3 Å². The van der Waals surface area contributed by atoms with E-state index in [1.54, 1.807) is 0 Å². The summed E-state index contributed by atoms with van der Waals surface area (Å²) in [4.78, 5) is 11.6. The van der Waals surface area contributed by atoms with Crippen LogP contribution in [0.5, 0.6) is 0 Å². The zero-order valence-corrected chi connectivity index (χ0v) is 13.1. The summed E-state index contributed by atoms with van der Waals surface area (Å²) < 4.78 is 37.7. The molecule has 130 valence electrons. The van der Waals surface area contributed by atoms with Crippen LogP contribution in [0.15, 0.2) is 12.3 Å². The summed E-state index contributed by atoms with van der Waals surface area (Å²) in [6, 6.07) is 0.747. The van der Waals surface area contributed by atoms with Crippen molar-refractivity contribution in [2.75, 3.05) is 0 Å². The Kier molecular flexibility index (Phi) is 5.33. The molecular weight excluding hydrogens is 311 g/mol. The summed E-state index contributed by atoms with van der Waals surface area (Å²) in [5, 5.41) is 16.3. The van der Waals surface area contributed by atoms with Crippen LogP contribution in [0.1, 0.15) is 44.7 Å². The van der Waals surface area contributed by atoms with Gasteiger partial charge >= 0.3 is 12.1 Å². The molecule has 1 aromatic rings. The molecule has 2 rings (SSSR count). The van der Waals surface area contributed by atoms with E-state index in [4.69, 9.17) is 0 Å². The van der Waals surface area contributed by atoms with Gasteiger partial charge in [-0.25, -0.2) is 0 Å². The summed E-state index contributed by atoms with van der Waals surface area (Å²) >= 11 is 0. The number of aromatic nitrogens is 2. The summed E-state index contributed by atoms with van der Waals surface area (Å²) in [5.74, 6) is -0.927. The number of aliphatic carboxylic acids is 1. The standard InChI is InChI=1S/C15H22F3N3O2/c1-14(6-3-2-4-7-14)12(13(22)23)19-9-11-5-8-21(20-11)10-15(16,17)18/h5,8,12,19H,2-4,6-7,9-10H2,1H3,(H,22,23). The highest BCUT2D eigenvalue weighted by atomic mass is 19.4. The Bertz CT molecular complexity index is 536. The highest BCUT2D eigenvalue weighted by Gasteiger charge is 2.39. The molecule has 1 atom stereocenters. The third kappa shape index (κ3) is 4.95. The van der Waals surface area contributed by atoms with Gasteiger partial charge in [-0.1, -0.05) is 26.2 Å². The Morgan fingerprint density at radius 1 is 1.43 bits per heavy atom. The van der Waals surface area contributed by atoms with E-state index in [2.05, 4.69) is 10.4 Å². The van der Waals surface area contributed by atoms with Gasteiger partial charge in [0.15, 0.2) is 0 Å². The number of hydrogen-bond donors (Lipinski definition) is 2. The molecular formula is C15H22F3N3O2. The molecule has 1 unspecified atom stereocenters. The zero-order valence-electron chi connectivity index (χ0n) is 13.1. The van der Waals surface area contributed by atoms with Crippen molar-refractivity contribution >= 4 is 5.97 Å². The van der Waals surface area contributed by atoms with Crippen LogP contribution in [0.25, 0.3) is 0 Å². The molecule has 1 heterocycles. The van der Waals surface area contributed by atoms with Crippen molar-refractivity contribution in [1.82, 2.24) is 15.1 Å². The van der Waals surface area contributed by atoms with Gasteiger partial charge in [-0.3, -0.25) is 14.8 Å². The van der Waals surface area contributed by atoms with Gasteiger partial charge in [-0.15, -0.1) is 0 Å². The number of nitrogens with one attached hydrogen (secondary N) is 1. The van der Waals surface area contributed by atoms with Gasteiger partial charge in [0.1, 0.15) is 12.6 Å². The predicted molar refractivity (Wildman–Crippen MR) is 77.7 cm³/mol. The molecule has 0 saturated heterocycles. The molecule has 0 spiro atoms. The largest absolute Gasteiger partial charge is 0.480 e. The Balaban J connectivity index is 1.98. The Morgan fingerprint density at radius 2 is 2.09 bits per heavy atom. The second kappa shape index (κ2) is 6.90. The highest BCUT2D eigenvalue weighted by Crippen LogP contribution is 2.39. The van der Waals surface area contributed by atoms with Crippen molar-refractivity contribution < 1.29 is 23.1 Å². The Hall–Kier alpha value is -1.57. The normalized spacial score (nSPS) is 19.5. The van der Waals surface area contributed by atoms with Gasteiger partial charge in [0.05, 0.1) is 5.69 Å². The summed E-state index contributed by atoms with van der Waals surface area (Å²) in [6.07, 6.45) is 1.71. The fourth-order valence-electron chi connectivity index (χ4n) is 3.26. The molecule has 0 aliphatic heterocycles. The van der Waals surface area contributed by atoms with Crippen molar-refractivity contribution in [1.29, 1.82) is 0 Å². The fourth-order valence-corrected chi connectivity index (χ4v) is 3.26. The monoisotopic (exact) mass is 333 g/mol. The van der Waals surface area contributed by atoms with E-state index in [1.807, 2.05) is 6.92 Å². The zero-order chi connectivity index (χ0) is 17.1. The number of carbonyl (C=O) groups is 1. The smallest absolute Gasteiger partial charge is 0.408 e. The first-order valence-electron chi connectivity index (χ1n) is 7.75. The number of carboxylic acids is 1. The van der Waals surface area contributed by atoms with Crippen LogP contribution in [0.2, 0.25) is 0 Å². The van der Waals surface area contributed by atoms with E-state index >= 15 is 0 Å². The molecule has 0 amide bonds. The van der Waals surface area contributed by atoms with E-state index in [1.165, 1.54) is 12.3 Å². The third-order valence-corrected chi connectivity index (χ3v) is 4.46. The van der Waals surface area contributed by atoms with Crippen molar-refractivity contribution in [3.05, 3.63) is 18.0 Å². The molecule has 2 N–H and O–H groups in total. The number of nitrogens with zero attached hydrogens (tertiary/aromatic N) is 2. The molecule has 1 aliphatic carbocycles. The van der Waals surface area contributed by atoms with Crippen molar-refractivity contribution in [3.8, 4) is 0 Å². The Morgan fingerprint density at radius 3 is 2.65 bits per heavy atom. The van der Waals surface area contributed by atoms with Crippen LogP contribution in [0.4, 0.5) is 13.2 Å². The minimum atomic E-state index is -4.32. The highest BCUT2D eigenvalue weighted by molar-refractivity contribution is 5.74. The lowest BCUT2D eigenvalue weighted by atomic mass is 9.70. The average Bonchev–Trinajstić information content (AvgIpc) is 2.84. The average molecular weight is 333 g/mol. The molecule has 5 nitrogen and oxygen atoms in total. The maximum atomic E-state index is 12.3. The minimum Gasteiger partial charge on any atom is -0.480 e. The van der Waals surface area contributed by atoms with Crippen molar-refractivity contribution in [3.63, 3.8) is 0 Å². The van der Waals surface area contributed by atoms with E-state index in [-0.39, 0.29) is 12.0 Å². The lowest BCUT2D eigenvalue weighted by Gasteiger charge is -2.38. The lowest BCUT2D eigenvalue weighted by molar-refractivity contribution is -0.144. The van der Waals surface area contributed by atoms with Crippen LogP contribution in [0, 0.1) is 5.41 Å². The SMILES string of the molecule is CC1(C(NCc2ccn(CC(F)(F)F)n2)C(=O)O)CCCCC1. The molecule has 23 heavy (non-hydrogen) atoms. The molecule has 0 bridgehead atoms. The molecule has 1 fully saturated rings. The predicted octanol–water partition coefficient (Wildman–Crippen LogP) is 2.96. The van der Waals surface area contributed by atoms with Gasteiger partial charge in [-0.2, -0.15) is 18.3 Å². The molecule has 0 aromatic carbocycles. The Labute approximate surface area is 132 Å². The van der Waals surface area contributed by atoms with Crippen LogP contribution in [-0.2, 0) is 17.9 Å². The summed E-state index contributed by atoms with van der Waals surface area (Å²) in [5.41, 5.74) is 0.0680. The maximum Gasteiger partial charge on any atom is 0.408 e. The van der Waals surface area contributed by atoms with Crippen LogP contribution >= 0.6 is 0 Å². The maximum absolute atomic E-state index is 12.3. The van der Waals surface area contributed by atoms with Crippen molar-refractivity contribution in [2.45, 2.75) is 64.3 Å². The molecule has 1 aromatic heterocycles. The summed E-state index contributed by atoms with van der Waals surface area (Å²) in [6.45, 7) is 0.949. The number of rotatable bonds is 6. The van der Waals surface area contributed by atoms with E-state index in [0.29, 0.717) is 5.69 Å². The first-order valence-corrected chi connectivity index (χ1v) is 7.75. The second-order valence-electron chi connectivity index (χ2n) is 6.49. The molecule has 8 heteroatoms. The van der Waals surface area contributed by atoms with Gasteiger partial charge in [0, 0.05) is 12.7 Å². The van der Waals surface area contributed by atoms with Crippen LogP contribution < -0.4 is 5.32 Å². The molecule has 0 radical (unpaired) electrons. The molecule has 1 saturated carbocycles. The van der Waals surface area contributed by atoms with E-state index < -0.39 is 24.7 Å². The number of carboxylic acid groups (broad SMARTS) is 1. The van der Waals surface area contributed by atoms with Crippen molar-refractivity contribution in [2.24, 2.45) is 5.41 Å². The summed E-state index contributed by atoms with van der Waals surface area (Å²) in [7, 11) is 0. The number of halogens is 3. The van der Waals surface area contributed by atoms with E-state index in [0.717, 1.165) is 36.8 Å². The first-order chi connectivity index (χ1) is 10.7. The third-order valence-electron chi connectivity index (χ3n) is 4.46. The number of hydrogen-bond acceptors (Lipinski definition) is 3. The lowest BCUT2D eigenvalue weighted by Crippen LogP contribution is -2.49. The van der Waals surface area contributed by atoms with Crippen LogP contribution in [0.3, 0.4) is 0 Å². The quantitative estimate of drug-likeness (QED) is 0.840. The fraction of sp³-hybridized carbons (Fsp3) is 0.733. The van der Waals surface area contributed by atoms with Crippen LogP contribution in [-0.4, -0.2) is 33.1 Å². The second-order valence-corrected chi connectivity index (χ2v) is 6.49. The van der Waals surface area contributed by atoms with E-state index in [9.17, 15) is 23.1 Å². The van der Waals surface area contributed by atoms with Gasteiger partial charge in [0.2, 0.25) is 0 Å². The van der Waals surface area contributed by atoms with Gasteiger partial charge < -0.3 is 5.11 Å². The first kappa shape index (κ1) is 17.8. The number of alkyl halides is 3. The topological polar surface area (TPSA) is 67.2 Å². The molecule has 1 aliphatic rings.